The second-order valence-corrected chi connectivity index (χ2v) is 19.9. The Morgan fingerprint density at radius 1 is 0.470 bits per heavy atom. The number of carboxylic acid groups (broad SMARTS) is 1. The minimum absolute atomic E-state index is 0.0559. The van der Waals surface area contributed by atoms with Crippen LogP contribution in [0.1, 0.15) is 251 Å². The SMILES string of the molecule is CCCCCC/C=C/C=C/CCCCCCCCCCCCC(=O)OC(COCCC(C(=O)O)[N+](C)(C)C)COC(=O)CCCCCCCCC/C=C/C/C=C/CCCCCCCCCC. The van der Waals surface area contributed by atoms with Crippen molar-refractivity contribution in [2.24, 2.45) is 0 Å². The molecule has 8 nitrogen and oxygen atoms in total. The van der Waals surface area contributed by atoms with Crippen molar-refractivity contribution < 1.29 is 38.2 Å². The lowest BCUT2D eigenvalue weighted by Crippen LogP contribution is -2.50. The zero-order chi connectivity index (χ0) is 48.4. The Labute approximate surface area is 407 Å². The Bertz CT molecular complexity index is 1220. The molecular formula is C58H106NO7+. The van der Waals surface area contributed by atoms with Gasteiger partial charge in [-0.25, -0.2) is 4.79 Å². The van der Waals surface area contributed by atoms with E-state index in [1.165, 1.54) is 167 Å². The zero-order valence-electron chi connectivity index (χ0n) is 43.9. The highest BCUT2D eigenvalue weighted by Crippen LogP contribution is 2.16. The van der Waals surface area contributed by atoms with Gasteiger partial charge in [0.1, 0.15) is 6.61 Å². The summed E-state index contributed by atoms with van der Waals surface area (Å²) in [7, 11) is 5.54. The van der Waals surface area contributed by atoms with Gasteiger partial charge in [-0.3, -0.25) is 9.59 Å². The maximum Gasteiger partial charge on any atom is 0.362 e. The Hall–Kier alpha value is -2.71. The van der Waals surface area contributed by atoms with E-state index in [9.17, 15) is 19.5 Å². The average molecular weight is 929 g/mol. The number of carboxylic acids is 1. The van der Waals surface area contributed by atoms with Crippen molar-refractivity contribution >= 4 is 17.9 Å². The summed E-state index contributed by atoms with van der Waals surface area (Å²) in [6.07, 6.45) is 60.2. The quantitative estimate of drug-likeness (QED) is 0.0213. The highest BCUT2D eigenvalue weighted by atomic mass is 16.6. The average Bonchev–Trinajstić information content (AvgIpc) is 3.28. The number of likely N-dealkylation sites (N-methyl/N-ethyl adjacent to an activating group) is 1. The molecule has 0 aromatic rings. The monoisotopic (exact) mass is 929 g/mol. The first kappa shape index (κ1) is 63.3. The minimum Gasteiger partial charge on any atom is -0.477 e. The molecule has 66 heavy (non-hydrogen) atoms. The van der Waals surface area contributed by atoms with Crippen LogP contribution in [-0.2, 0) is 28.6 Å². The van der Waals surface area contributed by atoms with E-state index in [4.69, 9.17) is 14.2 Å². The van der Waals surface area contributed by atoms with E-state index in [1.54, 1.807) is 0 Å². The van der Waals surface area contributed by atoms with Gasteiger partial charge in [0, 0.05) is 19.3 Å². The van der Waals surface area contributed by atoms with Crippen molar-refractivity contribution in [2.45, 2.75) is 264 Å². The largest absolute Gasteiger partial charge is 0.477 e. The van der Waals surface area contributed by atoms with Crippen molar-refractivity contribution in [3.63, 3.8) is 0 Å². The topological polar surface area (TPSA) is 99.1 Å². The fourth-order valence-corrected chi connectivity index (χ4v) is 8.17. The lowest BCUT2D eigenvalue weighted by atomic mass is 10.1. The third kappa shape index (κ3) is 46.4. The number of allylic oxidation sites excluding steroid dienone is 8. The molecule has 0 aliphatic heterocycles. The van der Waals surface area contributed by atoms with Crippen LogP contribution in [0.2, 0.25) is 0 Å². The van der Waals surface area contributed by atoms with Gasteiger partial charge >= 0.3 is 17.9 Å². The van der Waals surface area contributed by atoms with Gasteiger partial charge in [-0.15, -0.1) is 0 Å². The van der Waals surface area contributed by atoms with Crippen LogP contribution >= 0.6 is 0 Å². The molecule has 2 atom stereocenters. The lowest BCUT2D eigenvalue weighted by Gasteiger charge is -2.31. The summed E-state index contributed by atoms with van der Waals surface area (Å²) in [5.41, 5.74) is 0. The summed E-state index contributed by atoms with van der Waals surface area (Å²) in [6.45, 7) is 4.74. The van der Waals surface area contributed by atoms with Crippen LogP contribution in [0.15, 0.2) is 48.6 Å². The van der Waals surface area contributed by atoms with E-state index in [0.29, 0.717) is 19.3 Å². The summed E-state index contributed by atoms with van der Waals surface area (Å²) in [5.74, 6) is -1.47. The van der Waals surface area contributed by atoms with Gasteiger partial charge in [0.2, 0.25) is 0 Å². The Balaban J connectivity index is 4.22. The molecule has 0 rings (SSSR count). The predicted octanol–water partition coefficient (Wildman–Crippen LogP) is 16.3. The van der Waals surface area contributed by atoms with E-state index >= 15 is 0 Å². The van der Waals surface area contributed by atoms with Gasteiger partial charge in [-0.2, -0.15) is 0 Å². The van der Waals surface area contributed by atoms with Crippen LogP contribution in [-0.4, -0.2) is 80.6 Å². The molecule has 0 aromatic heterocycles. The van der Waals surface area contributed by atoms with Crippen molar-refractivity contribution in [3.05, 3.63) is 48.6 Å². The summed E-state index contributed by atoms with van der Waals surface area (Å²) < 4.78 is 17.4. The smallest absolute Gasteiger partial charge is 0.362 e. The fraction of sp³-hybridized carbons (Fsp3) is 0.810. The standard InChI is InChI=1S/C58H105NO7/c1-6-8-10-12-14-16-18-20-22-24-26-28-29-31-32-34-36-38-40-42-44-46-48-56(60)65-53-54(52-64-51-50-55(58(62)63)59(3,4)5)66-57(61)49-47-45-43-41-39-37-35-33-30-27-25-23-21-19-17-15-13-11-9-7-2/h17,19,21,23-24,26,29,31,54-55H,6-16,18,20,22,25,27-28,30,32-53H2,1-5H3/p+1/b19-17+,23-21+,26-24+,31-29+. The number of aliphatic carboxylic acids is 1. The molecule has 0 saturated carbocycles. The molecule has 1 N–H and O–H groups in total. The van der Waals surface area contributed by atoms with E-state index in [0.717, 1.165) is 51.4 Å². The maximum atomic E-state index is 12.8. The van der Waals surface area contributed by atoms with Gasteiger partial charge in [0.15, 0.2) is 12.1 Å². The fourth-order valence-electron chi connectivity index (χ4n) is 8.17. The summed E-state index contributed by atoms with van der Waals surface area (Å²) >= 11 is 0. The first-order valence-corrected chi connectivity index (χ1v) is 27.7. The third-order valence-corrected chi connectivity index (χ3v) is 12.5. The number of nitrogens with zero attached hydrogens (tertiary/aromatic N) is 1. The molecule has 8 heteroatoms. The number of carbonyl (C=O) groups is 3. The normalized spacial score (nSPS) is 13.2. The molecule has 0 aliphatic carbocycles. The Morgan fingerprint density at radius 3 is 1.27 bits per heavy atom. The molecule has 2 unspecified atom stereocenters. The zero-order valence-corrected chi connectivity index (χ0v) is 43.9. The van der Waals surface area contributed by atoms with Crippen LogP contribution in [0, 0.1) is 0 Å². The van der Waals surface area contributed by atoms with E-state index in [2.05, 4.69) is 62.5 Å². The van der Waals surface area contributed by atoms with Crippen molar-refractivity contribution in [1.82, 2.24) is 0 Å². The van der Waals surface area contributed by atoms with Gasteiger partial charge in [0.05, 0.1) is 34.4 Å². The lowest BCUT2D eigenvalue weighted by molar-refractivity contribution is -0.887. The van der Waals surface area contributed by atoms with Crippen LogP contribution < -0.4 is 0 Å². The molecule has 0 aromatic carbocycles. The van der Waals surface area contributed by atoms with Crippen LogP contribution in [0.3, 0.4) is 0 Å². The highest BCUT2D eigenvalue weighted by Gasteiger charge is 2.31. The number of carbonyl (C=O) groups excluding carboxylic acids is 2. The van der Waals surface area contributed by atoms with Crippen LogP contribution in [0.4, 0.5) is 0 Å². The van der Waals surface area contributed by atoms with Crippen molar-refractivity contribution in [1.29, 1.82) is 0 Å². The van der Waals surface area contributed by atoms with Gasteiger partial charge in [-0.1, -0.05) is 210 Å². The molecule has 0 fully saturated rings. The molecular weight excluding hydrogens is 823 g/mol. The molecule has 0 saturated heterocycles. The molecule has 0 aliphatic rings. The highest BCUT2D eigenvalue weighted by molar-refractivity contribution is 5.72. The number of quaternary nitrogens is 1. The molecule has 0 bridgehead atoms. The molecule has 384 valence electrons. The van der Waals surface area contributed by atoms with Crippen LogP contribution in [0.25, 0.3) is 0 Å². The van der Waals surface area contributed by atoms with Gasteiger partial charge in [-0.05, 0) is 70.6 Å². The van der Waals surface area contributed by atoms with E-state index in [1.807, 2.05) is 21.1 Å². The molecule has 0 spiro atoms. The number of hydrogen-bond acceptors (Lipinski definition) is 6. The molecule has 0 radical (unpaired) electrons. The maximum absolute atomic E-state index is 12.8. The van der Waals surface area contributed by atoms with E-state index < -0.39 is 18.1 Å². The Morgan fingerprint density at radius 2 is 0.848 bits per heavy atom. The number of hydrogen-bond donors (Lipinski definition) is 1. The minimum atomic E-state index is -0.875. The first-order valence-electron chi connectivity index (χ1n) is 27.7. The van der Waals surface area contributed by atoms with Crippen molar-refractivity contribution in [3.8, 4) is 0 Å². The first-order chi connectivity index (χ1) is 32.1. The second kappa shape index (κ2) is 48.7. The third-order valence-electron chi connectivity index (χ3n) is 12.5. The summed E-state index contributed by atoms with van der Waals surface area (Å²) in [6, 6.07) is -0.618. The van der Waals surface area contributed by atoms with E-state index in [-0.39, 0.29) is 36.2 Å². The summed E-state index contributed by atoms with van der Waals surface area (Å²) in [4.78, 5) is 37.2. The second-order valence-electron chi connectivity index (χ2n) is 19.9. The Kier molecular flexibility index (Phi) is 46.7. The van der Waals surface area contributed by atoms with Gasteiger partial charge < -0.3 is 23.8 Å². The number of rotatable bonds is 50. The number of ether oxygens (including phenoxy) is 3. The van der Waals surface area contributed by atoms with Crippen LogP contribution in [0.5, 0.6) is 0 Å². The van der Waals surface area contributed by atoms with Gasteiger partial charge in [0.25, 0.3) is 0 Å². The predicted molar refractivity (Wildman–Crippen MR) is 280 cm³/mol. The molecule has 0 amide bonds. The summed E-state index contributed by atoms with van der Waals surface area (Å²) in [5, 5.41) is 9.67. The number of unbranched alkanes of at least 4 members (excludes halogenated alkanes) is 29. The molecule has 0 heterocycles. The van der Waals surface area contributed by atoms with Crippen molar-refractivity contribution in [2.75, 3.05) is 41.0 Å². The number of esters is 2.